The number of ether oxygens (including phenoxy) is 1. The summed E-state index contributed by atoms with van der Waals surface area (Å²) in [5.74, 6) is 0.437. The van der Waals surface area contributed by atoms with Crippen LogP contribution in [0.2, 0.25) is 0 Å². The predicted octanol–water partition coefficient (Wildman–Crippen LogP) is 1.53. The monoisotopic (exact) mass is 267 g/mol. The Kier molecular flexibility index (Phi) is 4.03. The fraction of sp³-hybridized carbons (Fsp3) is 0.455. The van der Waals surface area contributed by atoms with Gasteiger partial charge in [-0.15, -0.1) is 11.3 Å². The molecule has 7 heteroatoms. The van der Waals surface area contributed by atoms with Gasteiger partial charge in [0.2, 0.25) is 5.89 Å². The van der Waals surface area contributed by atoms with Crippen LogP contribution in [0, 0.1) is 6.92 Å². The molecule has 0 aromatic carbocycles. The van der Waals surface area contributed by atoms with Crippen LogP contribution in [0.4, 0.5) is 0 Å². The highest BCUT2D eigenvalue weighted by Gasteiger charge is 2.13. The predicted molar refractivity (Wildman–Crippen MR) is 64.3 cm³/mol. The van der Waals surface area contributed by atoms with Crippen LogP contribution in [-0.2, 0) is 22.4 Å². The molecular weight excluding hydrogens is 254 g/mol. The normalized spacial score (nSPS) is 10.6. The number of aromatic nitrogens is 3. The molecule has 0 saturated carbocycles. The van der Waals surface area contributed by atoms with Gasteiger partial charge in [-0.2, -0.15) is 4.98 Å². The highest BCUT2D eigenvalue weighted by Crippen LogP contribution is 2.11. The van der Waals surface area contributed by atoms with Gasteiger partial charge in [0.25, 0.3) is 0 Å². The molecule has 0 amide bonds. The highest BCUT2D eigenvalue weighted by molar-refractivity contribution is 7.09. The molecule has 0 aliphatic rings. The lowest BCUT2D eigenvalue weighted by Crippen LogP contribution is -2.07. The van der Waals surface area contributed by atoms with Crippen LogP contribution in [0.25, 0.3) is 0 Å². The minimum absolute atomic E-state index is 0.0108. The van der Waals surface area contributed by atoms with E-state index in [0.717, 1.165) is 10.7 Å². The Morgan fingerprint density at radius 1 is 1.50 bits per heavy atom. The van der Waals surface area contributed by atoms with Gasteiger partial charge >= 0.3 is 5.97 Å². The molecule has 0 spiro atoms. The van der Waals surface area contributed by atoms with E-state index in [1.807, 2.05) is 12.3 Å². The smallest absolute Gasteiger partial charge is 0.315 e. The van der Waals surface area contributed by atoms with Gasteiger partial charge in [-0.3, -0.25) is 4.79 Å². The molecule has 0 aliphatic heterocycles. The van der Waals surface area contributed by atoms with E-state index in [1.54, 1.807) is 18.3 Å². The van der Waals surface area contributed by atoms with Crippen molar-refractivity contribution in [1.29, 1.82) is 0 Å². The van der Waals surface area contributed by atoms with E-state index in [9.17, 15) is 4.79 Å². The van der Waals surface area contributed by atoms with Crippen LogP contribution in [0.5, 0.6) is 0 Å². The largest absolute Gasteiger partial charge is 0.466 e. The van der Waals surface area contributed by atoms with Gasteiger partial charge in [0.05, 0.1) is 23.7 Å². The molecule has 0 bridgehead atoms. The maximum absolute atomic E-state index is 11.2. The number of hydrogen-bond acceptors (Lipinski definition) is 7. The zero-order valence-corrected chi connectivity index (χ0v) is 11.0. The SMILES string of the molecule is CCOC(=O)Cc1nc(Cc2csc(C)n2)no1. The molecule has 0 atom stereocenters. The third-order valence-corrected chi connectivity index (χ3v) is 2.94. The molecule has 2 heterocycles. The molecule has 2 aromatic rings. The summed E-state index contributed by atoms with van der Waals surface area (Å²) >= 11 is 1.58. The summed E-state index contributed by atoms with van der Waals surface area (Å²) < 4.78 is 9.77. The summed E-state index contributed by atoms with van der Waals surface area (Å²) in [4.78, 5) is 19.7. The first-order chi connectivity index (χ1) is 8.67. The fourth-order valence-corrected chi connectivity index (χ4v) is 2.03. The van der Waals surface area contributed by atoms with E-state index in [1.165, 1.54) is 0 Å². The number of aryl methyl sites for hydroxylation is 1. The maximum atomic E-state index is 11.2. The van der Waals surface area contributed by atoms with Gasteiger partial charge in [-0.25, -0.2) is 4.98 Å². The molecule has 18 heavy (non-hydrogen) atoms. The molecule has 2 aromatic heterocycles. The van der Waals surface area contributed by atoms with E-state index in [4.69, 9.17) is 9.26 Å². The molecule has 0 N–H and O–H groups in total. The lowest BCUT2D eigenvalue weighted by atomic mass is 10.3. The highest BCUT2D eigenvalue weighted by atomic mass is 32.1. The van der Waals surface area contributed by atoms with Crippen LogP contribution >= 0.6 is 11.3 Å². The number of carbonyl (C=O) groups is 1. The maximum Gasteiger partial charge on any atom is 0.315 e. The van der Waals surface area contributed by atoms with Gasteiger partial charge < -0.3 is 9.26 Å². The number of esters is 1. The van der Waals surface area contributed by atoms with Crippen LogP contribution in [0.3, 0.4) is 0 Å². The first kappa shape index (κ1) is 12.7. The van der Waals surface area contributed by atoms with E-state index in [0.29, 0.717) is 18.9 Å². The Hall–Kier alpha value is -1.76. The zero-order valence-electron chi connectivity index (χ0n) is 10.2. The molecule has 0 fully saturated rings. The summed E-state index contributed by atoms with van der Waals surface area (Å²) in [6.07, 6.45) is 0.521. The summed E-state index contributed by atoms with van der Waals surface area (Å²) in [7, 11) is 0. The second kappa shape index (κ2) is 5.72. The molecule has 6 nitrogen and oxygen atoms in total. The molecule has 0 saturated heterocycles. The van der Waals surface area contributed by atoms with Crippen molar-refractivity contribution in [2.75, 3.05) is 6.61 Å². The summed E-state index contributed by atoms with van der Waals surface area (Å²) in [6, 6.07) is 0. The number of carbonyl (C=O) groups excluding carboxylic acids is 1. The van der Waals surface area contributed by atoms with Crippen LogP contribution in [0.1, 0.15) is 29.3 Å². The van der Waals surface area contributed by atoms with E-state index < -0.39 is 0 Å². The first-order valence-electron chi connectivity index (χ1n) is 5.55. The van der Waals surface area contributed by atoms with Gasteiger partial charge in [0.15, 0.2) is 5.82 Å². The van der Waals surface area contributed by atoms with E-state index in [2.05, 4.69) is 15.1 Å². The van der Waals surface area contributed by atoms with E-state index in [-0.39, 0.29) is 18.3 Å². The van der Waals surface area contributed by atoms with E-state index >= 15 is 0 Å². The minimum atomic E-state index is -0.364. The molecule has 96 valence electrons. The van der Waals surface area contributed by atoms with Crippen molar-refractivity contribution < 1.29 is 14.1 Å². The van der Waals surface area contributed by atoms with Crippen LogP contribution < -0.4 is 0 Å². The second-order valence-corrected chi connectivity index (χ2v) is 4.68. The quantitative estimate of drug-likeness (QED) is 0.764. The summed E-state index contributed by atoms with van der Waals surface area (Å²) in [6.45, 7) is 4.04. The van der Waals surface area contributed by atoms with Gasteiger partial charge in [0.1, 0.15) is 6.42 Å². The first-order valence-corrected chi connectivity index (χ1v) is 6.43. The van der Waals surface area contributed by atoms with Crippen molar-refractivity contribution in [2.24, 2.45) is 0 Å². The van der Waals surface area contributed by atoms with Gasteiger partial charge in [0, 0.05) is 5.38 Å². The Balaban J connectivity index is 1.95. The third kappa shape index (κ3) is 3.36. The zero-order chi connectivity index (χ0) is 13.0. The van der Waals surface area contributed by atoms with Crippen molar-refractivity contribution in [3.05, 3.63) is 27.8 Å². The lowest BCUT2D eigenvalue weighted by molar-refractivity contribution is -0.142. The Bertz CT molecular complexity index is 535. The molecule has 0 unspecified atom stereocenters. The Labute approximate surface area is 108 Å². The molecule has 0 radical (unpaired) electrons. The van der Waals surface area contributed by atoms with Crippen molar-refractivity contribution >= 4 is 17.3 Å². The fourth-order valence-electron chi connectivity index (χ4n) is 1.42. The second-order valence-electron chi connectivity index (χ2n) is 3.62. The number of rotatable bonds is 5. The van der Waals surface area contributed by atoms with Crippen molar-refractivity contribution in [3.63, 3.8) is 0 Å². The molecule has 2 rings (SSSR count). The lowest BCUT2D eigenvalue weighted by Gasteiger charge is -1.96. The Morgan fingerprint density at radius 2 is 2.33 bits per heavy atom. The average molecular weight is 267 g/mol. The third-order valence-electron chi connectivity index (χ3n) is 2.12. The topological polar surface area (TPSA) is 78.1 Å². The molecule has 0 aliphatic carbocycles. The van der Waals surface area contributed by atoms with Crippen LogP contribution in [-0.4, -0.2) is 27.7 Å². The van der Waals surface area contributed by atoms with Crippen LogP contribution in [0.15, 0.2) is 9.90 Å². The molecular formula is C11H13N3O3S. The Morgan fingerprint density at radius 3 is 3.00 bits per heavy atom. The number of thiazole rings is 1. The standard InChI is InChI=1S/C11H13N3O3S/c1-3-16-11(15)5-10-13-9(14-17-10)4-8-6-18-7(2)12-8/h6H,3-5H2,1-2H3. The summed E-state index contributed by atoms with van der Waals surface area (Å²) in [5, 5.41) is 6.76. The summed E-state index contributed by atoms with van der Waals surface area (Å²) in [5.41, 5.74) is 0.904. The van der Waals surface area contributed by atoms with Gasteiger partial charge in [-0.05, 0) is 13.8 Å². The van der Waals surface area contributed by atoms with Crippen molar-refractivity contribution in [3.8, 4) is 0 Å². The van der Waals surface area contributed by atoms with Gasteiger partial charge in [-0.1, -0.05) is 5.16 Å². The van der Waals surface area contributed by atoms with Crippen molar-refractivity contribution in [2.45, 2.75) is 26.7 Å². The number of hydrogen-bond donors (Lipinski definition) is 0. The average Bonchev–Trinajstić information content (AvgIpc) is 2.89. The number of nitrogens with zero attached hydrogens (tertiary/aromatic N) is 3. The van der Waals surface area contributed by atoms with Crippen molar-refractivity contribution in [1.82, 2.24) is 15.1 Å². The minimum Gasteiger partial charge on any atom is -0.466 e.